The maximum atomic E-state index is 5.59. The number of aryl methyl sites for hydroxylation is 1. The van der Waals surface area contributed by atoms with Crippen LogP contribution in [0.1, 0.15) is 56.7 Å². The van der Waals surface area contributed by atoms with E-state index in [-0.39, 0.29) is 0 Å². The number of benzene rings is 1. The normalized spacial score (nSPS) is 11.6. The van der Waals surface area contributed by atoms with Crippen LogP contribution in [-0.4, -0.2) is 6.54 Å². The van der Waals surface area contributed by atoms with Gasteiger partial charge >= 0.3 is 0 Å². The van der Waals surface area contributed by atoms with Gasteiger partial charge in [-0.25, -0.2) is 0 Å². The Labute approximate surface area is 101 Å². The lowest BCUT2D eigenvalue weighted by molar-refractivity contribution is 0.731. The molecule has 1 heteroatoms. The van der Waals surface area contributed by atoms with E-state index in [0.29, 0.717) is 5.92 Å². The highest BCUT2D eigenvalue weighted by atomic mass is 14.5. The topological polar surface area (TPSA) is 26.0 Å². The Hall–Kier alpha value is -0.820. The van der Waals surface area contributed by atoms with Crippen LogP contribution in [0.5, 0.6) is 0 Å². The minimum Gasteiger partial charge on any atom is -0.330 e. The molecule has 0 saturated heterocycles. The van der Waals surface area contributed by atoms with Crippen LogP contribution >= 0.6 is 0 Å². The third-order valence-electron chi connectivity index (χ3n) is 2.97. The molecular formula is C15H27N. The number of hydrogen-bond acceptors (Lipinski definition) is 1. The zero-order chi connectivity index (χ0) is 12.6. The first-order chi connectivity index (χ1) is 7.69. The van der Waals surface area contributed by atoms with Crippen LogP contribution in [0.15, 0.2) is 18.2 Å². The summed E-state index contributed by atoms with van der Waals surface area (Å²) in [7, 11) is 0. The van der Waals surface area contributed by atoms with Crippen molar-refractivity contribution in [3.8, 4) is 0 Å². The van der Waals surface area contributed by atoms with Crippen molar-refractivity contribution < 1.29 is 0 Å². The van der Waals surface area contributed by atoms with E-state index in [0.717, 1.165) is 13.0 Å². The molecule has 1 unspecified atom stereocenters. The van der Waals surface area contributed by atoms with Gasteiger partial charge in [0.1, 0.15) is 0 Å². The third-order valence-corrected chi connectivity index (χ3v) is 2.97. The molecule has 1 rings (SSSR count). The third kappa shape index (κ3) is 4.36. The first kappa shape index (κ1) is 15.2. The second-order valence-corrected chi connectivity index (χ2v) is 4.03. The van der Waals surface area contributed by atoms with Crippen LogP contribution in [-0.2, 0) is 6.42 Å². The van der Waals surface area contributed by atoms with Gasteiger partial charge < -0.3 is 5.73 Å². The van der Waals surface area contributed by atoms with Crippen LogP contribution < -0.4 is 5.73 Å². The molecule has 0 fully saturated rings. The standard InChI is InChI=1S/C13H21N.C2H6/c1-4-10(2)12-6-5-11(3)13(9-12)7-8-14;1-2/h5-6,9-10H,4,7-8,14H2,1-3H3;1-2H3. The minimum atomic E-state index is 0.659. The average molecular weight is 221 g/mol. The molecule has 1 nitrogen and oxygen atoms in total. The lowest BCUT2D eigenvalue weighted by Crippen LogP contribution is -2.05. The van der Waals surface area contributed by atoms with Crippen LogP contribution in [0, 0.1) is 6.92 Å². The predicted octanol–water partition coefficient (Wildman–Crippen LogP) is 4.04. The molecular weight excluding hydrogens is 194 g/mol. The van der Waals surface area contributed by atoms with Crippen LogP contribution in [0.4, 0.5) is 0 Å². The Balaban J connectivity index is 0.00000106. The summed E-state index contributed by atoms with van der Waals surface area (Å²) in [6.07, 6.45) is 2.20. The summed E-state index contributed by atoms with van der Waals surface area (Å²) in [6.45, 7) is 11.4. The Morgan fingerprint density at radius 2 is 1.88 bits per heavy atom. The van der Waals surface area contributed by atoms with Crippen molar-refractivity contribution in [2.45, 2.75) is 53.4 Å². The summed E-state index contributed by atoms with van der Waals surface area (Å²) in [5.74, 6) is 0.659. The molecule has 2 N–H and O–H groups in total. The van der Waals surface area contributed by atoms with Gasteiger partial charge in [-0.05, 0) is 48.9 Å². The molecule has 0 radical (unpaired) electrons. The molecule has 0 aliphatic heterocycles. The van der Waals surface area contributed by atoms with E-state index in [9.17, 15) is 0 Å². The summed E-state index contributed by atoms with van der Waals surface area (Å²) < 4.78 is 0. The predicted molar refractivity (Wildman–Crippen MR) is 74.0 cm³/mol. The fourth-order valence-electron chi connectivity index (χ4n) is 1.66. The van der Waals surface area contributed by atoms with Gasteiger partial charge in [0.15, 0.2) is 0 Å². The van der Waals surface area contributed by atoms with Crippen molar-refractivity contribution in [3.63, 3.8) is 0 Å². The summed E-state index contributed by atoms with van der Waals surface area (Å²) in [6, 6.07) is 6.77. The lowest BCUT2D eigenvalue weighted by Gasteiger charge is -2.12. The molecule has 0 spiro atoms. The van der Waals surface area contributed by atoms with Gasteiger partial charge in [0, 0.05) is 0 Å². The quantitative estimate of drug-likeness (QED) is 0.816. The molecule has 0 heterocycles. The van der Waals surface area contributed by atoms with E-state index in [1.54, 1.807) is 0 Å². The smallest absolute Gasteiger partial charge is 0.00366 e. The molecule has 1 atom stereocenters. The molecule has 0 aromatic heterocycles. The molecule has 1 aromatic carbocycles. The summed E-state index contributed by atoms with van der Waals surface area (Å²) in [5, 5.41) is 0. The summed E-state index contributed by atoms with van der Waals surface area (Å²) >= 11 is 0. The van der Waals surface area contributed by atoms with E-state index >= 15 is 0 Å². The fraction of sp³-hybridized carbons (Fsp3) is 0.600. The zero-order valence-corrected chi connectivity index (χ0v) is 11.5. The highest BCUT2D eigenvalue weighted by Gasteiger charge is 2.05. The van der Waals surface area contributed by atoms with E-state index in [1.165, 1.54) is 23.1 Å². The van der Waals surface area contributed by atoms with Gasteiger partial charge in [0.25, 0.3) is 0 Å². The largest absolute Gasteiger partial charge is 0.330 e. The lowest BCUT2D eigenvalue weighted by atomic mass is 9.94. The highest BCUT2D eigenvalue weighted by molar-refractivity contribution is 5.33. The number of rotatable bonds is 4. The number of nitrogens with two attached hydrogens (primary N) is 1. The highest BCUT2D eigenvalue weighted by Crippen LogP contribution is 2.21. The Bertz CT molecular complexity index is 291. The van der Waals surface area contributed by atoms with E-state index in [4.69, 9.17) is 5.73 Å². The SMILES string of the molecule is CC.CCC(C)c1ccc(C)c(CCN)c1. The van der Waals surface area contributed by atoms with Crippen LogP contribution in [0.3, 0.4) is 0 Å². The zero-order valence-electron chi connectivity index (χ0n) is 11.5. The average Bonchev–Trinajstić information content (AvgIpc) is 2.34. The molecule has 92 valence electrons. The van der Waals surface area contributed by atoms with E-state index in [2.05, 4.69) is 39.0 Å². The monoisotopic (exact) mass is 221 g/mol. The second kappa shape index (κ2) is 8.35. The van der Waals surface area contributed by atoms with Gasteiger partial charge in [-0.1, -0.05) is 45.9 Å². The molecule has 0 amide bonds. The van der Waals surface area contributed by atoms with Crippen molar-refractivity contribution in [1.29, 1.82) is 0 Å². The van der Waals surface area contributed by atoms with Gasteiger partial charge in [0.05, 0.1) is 0 Å². The Morgan fingerprint density at radius 3 is 2.38 bits per heavy atom. The van der Waals surface area contributed by atoms with Crippen molar-refractivity contribution in [2.75, 3.05) is 6.54 Å². The van der Waals surface area contributed by atoms with E-state index < -0.39 is 0 Å². The maximum Gasteiger partial charge on any atom is -0.00366 e. The van der Waals surface area contributed by atoms with Gasteiger partial charge in [-0.3, -0.25) is 0 Å². The van der Waals surface area contributed by atoms with Crippen LogP contribution in [0.25, 0.3) is 0 Å². The fourth-order valence-corrected chi connectivity index (χ4v) is 1.66. The molecule has 16 heavy (non-hydrogen) atoms. The summed E-state index contributed by atoms with van der Waals surface area (Å²) in [4.78, 5) is 0. The van der Waals surface area contributed by atoms with E-state index in [1.807, 2.05) is 13.8 Å². The second-order valence-electron chi connectivity index (χ2n) is 4.03. The van der Waals surface area contributed by atoms with Crippen molar-refractivity contribution >= 4 is 0 Å². The van der Waals surface area contributed by atoms with Crippen molar-refractivity contribution in [3.05, 3.63) is 34.9 Å². The van der Waals surface area contributed by atoms with Crippen molar-refractivity contribution in [2.24, 2.45) is 5.73 Å². The molecule has 0 aliphatic rings. The first-order valence-electron chi connectivity index (χ1n) is 6.48. The molecule has 0 saturated carbocycles. The van der Waals surface area contributed by atoms with Gasteiger partial charge in [-0.15, -0.1) is 0 Å². The molecule has 1 aromatic rings. The van der Waals surface area contributed by atoms with Crippen LogP contribution in [0.2, 0.25) is 0 Å². The number of hydrogen-bond donors (Lipinski definition) is 1. The van der Waals surface area contributed by atoms with Gasteiger partial charge in [-0.2, -0.15) is 0 Å². The molecule has 0 aliphatic carbocycles. The minimum absolute atomic E-state index is 0.659. The first-order valence-corrected chi connectivity index (χ1v) is 6.48. The van der Waals surface area contributed by atoms with Crippen molar-refractivity contribution in [1.82, 2.24) is 0 Å². The maximum absolute atomic E-state index is 5.59. The summed E-state index contributed by atoms with van der Waals surface area (Å²) in [5.41, 5.74) is 9.81. The van der Waals surface area contributed by atoms with Gasteiger partial charge in [0.2, 0.25) is 0 Å². The Kier molecular flexibility index (Phi) is 7.92. The molecule has 0 bridgehead atoms. The Morgan fingerprint density at radius 1 is 1.25 bits per heavy atom.